The van der Waals surface area contributed by atoms with Crippen molar-refractivity contribution in [3.63, 3.8) is 0 Å². The van der Waals surface area contributed by atoms with Crippen molar-refractivity contribution in [2.24, 2.45) is 0 Å². The number of cyclic esters (lactones) is 1. The lowest BCUT2D eigenvalue weighted by Gasteiger charge is -2.24. The number of nitrogens with one attached hydrogen (secondary N) is 1. The molecule has 1 aromatic carbocycles. The summed E-state index contributed by atoms with van der Waals surface area (Å²) in [7, 11) is 1.22. The van der Waals surface area contributed by atoms with Crippen molar-refractivity contribution in [1.29, 1.82) is 0 Å². The van der Waals surface area contributed by atoms with Crippen LogP contribution in [0.2, 0.25) is 0 Å². The largest absolute Gasteiger partial charge is 0.453 e. The topological polar surface area (TPSA) is 71.1 Å². The maximum absolute atomic E-state index is 14.7. The lowest BCUT2D eigenvalue weighted by molar-refractivity contribution is 0.132. The summed E-state index contributed by atoms with van der Waals surface area (Å²) in [6.45, 7) is 1.28. The van der Waals surface area contributed by atoms with Gasteiger partial charge in [0.2, 0.25) is 0 Å². The molecule has 2 saturated heterocycles. The third-order valence-corrected chi connectivity index (χ3v) is 5.43. The van der Waals surface area contributed by atoms with Crippen LogP contribution in [0.3, 0.4) is 0 Å². The zero-order chi connectivity index (χ0) is 19.4. The van der Waals surface area contributed by atoms with E-state index in [4.69, 9.17) is 4.74 Å². The summed E-state index contributed by atoms with van der Waals surface area (Å²) in [6.07, 6.45) is -1.14. The van der Waals surface area contributed by atoms with Crippen LogP contribution in [0.5, 0.6) is 0 Å². The molecule has 2 fully saturated rings. The Balaban J connectivity index is 1.73. The van der Waals surface area contributed by atoms with Gasteiger partial charge >= 0.3 is 12.2 Å². The monoisotopic (exact) mass is 401 g/mol. The Morgan fingerprint density at radius 2 is 2.07 bits per heavy atom. The number of thioether (sulfide) groups is 1. The van der Waals surface area contributed by atoms with Gasteiger partial charge in [-0.05, 0) is 12.2 Å². The number of ether oxygens (including phenoxy) is 2. The maximum Gasteiger partial charge on any atom is 0.414 e. The van der Waals surface area contributed by atoms with Crippen LogP contribution < -0.4 is 15.1 Å². The smallest absolute Gasteiger partial charge is 0.414 e. The molecule has 0 aliphatic carbocycles. The molecule has 2 amide bonds. The van der Waals surface area contributed by atoms with Gasteiger partial charge in [-0.15, -0.1) is 0 Å². The summed E-state index contributed by atoms with van der Waals surface area (Å²) in [5.41, 5.74) is 0.0289. The van der Waals surface area contributed by atoms with Gasteiger partial charge in [-0.1, -0.05) is 0 Å². The zero-order valence-corrected chi connectivity index (χ0v) is 15.7. The minimum Gasteiger partial charge on any atom is -0.453 e. The fraction of sp³-hybridized carbons (Fsp3) is 0.529. The molecule has 10 heteroatoms. The van der Waals surface area contributed by atoms with Gasteiger partial charge in [0.25, 0.3) is 0 Å². The molecule has 2 aliphatic rings. The summed E-state index contributed by atoms with van der Waals surface area (Å²) in [5.74, 6) is 0.369. The quantitative estimate of drug-likeness (QED) is 0.836. The van der Waals surface area contributed by atoms with Crippen molar-refractivity contribution >= 4 is 35.3 Å². The van der Waals surface area contributed by atoms with Crippen molar-refractivity contribution in [2.45, 2.75) is 12.5 Å². The van der Waals surface area contributed by atoms with E-state index in [2.05, 4.69) is 10.1 Å². The fourth-order valence-electron chi connectivity index (χ4n) is 3.09. The van der Waals surface area contributed by atoms with Crippen LogP contribution in [0.4, 0.5) is 29.7 Å². The highest BCUT2D eigenvalue weighted by molar-refractivity contribution is 7.99. The first-order chi connectivity index (χ1) is 13.0. The number of alkyl carbamates (subject to hydrolysis) is 1. The van der Waals surface area contributed by atoms with Gasteiger partial charge in [0, 0.05) is 31.0 Å². The first-order valence-corrected chi connectivity index (χ1v) is 9.76. The average molecular weight is 401 g/mol. The van der Waals surface area contributed by atoms with E-state index in [1.807, 2.05) is 0 Å². The molecule has 7 nitrogen and oxygen atoms in total. The summed E-state index contributed by atoms with van der Waals surface area (Å²) in [5, 5.41) is 2.43. The molecule has 0 spiro atoms. The van der Waals surface area contributed by atoms with Crippen LogP contribution >= 0.6 is 11.8 Å². The van der Waals surface area contributed by atoms with Crippen LogP contribution in [0, 0.1) is 11.6 Å². The zero-order valence-electron chi connectivity index (χ0n) is 14.9. The molecule has 0 unspecified atom stereocenters. The second-order valence-electron chi connectivity index (χ2n) is 6.20. The van der Waals surface area contributed by atoms with E-state index in [1.165, 1.54) is 7.11 Å². The Kier molecular flexibility index (Phi) is 6.25. The van der Waals surface area contributed by atoms with E-state index in [0.717, 1.165) is 35.0 Å². The Hall–Kier alpha value is -2.23. The van der Waals surface area contributed by atoms with E-state index >= 15 is 0 Å². The van der Waals surface area contributed by atoms with Gasteiger partial charge in [0.05, 0.1) is 25.9 Å². The van der Waals surface area contributed by atoms with E-state index in [-0.39, 0.29) is 24.5 Å². The number of rotatable bonds is 4. The Bertz CT molecular complexity index is 690. The molecule has 0 radical (unpaired) electrons. The minimum atomic E-state index is -0.718. The number of methoxy groups -OCH3 is 1. The molecule has 0 bridgehead atoms. The number of hydrogen-bond acceptors (Lipinski definition) is 6. The van der Waals surface area contributed by atoms with Crippen molar-refractivity contribution in [1.82, 2.24) is 5.32 Å². The van der Waals surface area contributed by atoms with E-state index in [1.54, 1.807) is 16.7 Å². The van der Waals surface area contributed by atoms with Gasteiger partial charge in [-0.3, -0.25) is 4.90 Å². The van der Waals surface area contributed by atoms with Crippen LogP contribution in [0.15, 0.2) is 12.1 Å². The number of halogens is 2. The maximum atomic E-state index is 14.7. The number of hydrogen-bond donors (Lipinski definition) is 1. The second-order valence-corrected chi connectivity index (χ2v) is 7.42. The fourth-order valence-corrected chi connectivity index (χ4v) is 3.97. The van der Waals surface area contributed by atoms with Crippen LogP contribution in [-0.4, -0.2) is 63.1 Å². The molecule has 0 aromatic heterocycles. The number of benzene rings is 1. The molecule has 1 N–H and O–H groups in total. The van der Waals surface area contributed by atoms with Crippen molar-refractivity contribution < 1.29 is 27.8 Å². The molecule has 0 saturated carbocycles. The number of carbonyl (C=O) groups excluding carboxylic acids is 2. The molecule has 27 heavy (non-hydrogen) atoms. The number of carbonyl (C=O) groups is 2. The lowest BCUT2D eigenvalue weighted by Crippen LogP contribution is -2.34. The van der Waals surface area contributed by atoms with Gasteiger partial charge in [0.1, 0.15) is 11.8 Å². The molecule has 148 valence electrons. The van der Waals surface area contributed by atoms with E-state index < -0.39 is 29.9 Å². The van der Waals surface area contributed by atoms with E-state index in [9.17, 15) is 18.4 Å². The van der Waals surface area contributed by atoms with Crippen molar-refractivity contribution in [2.75, 3.05) is 54.6 Å². The van der Waals surface area contributed by atoms with E-state index in [0.29, 0.717) is 13.1 Å². The number of anilines is 2. The normalized spacial score (nSPS) is 20.3. The van der Waals surface area contributed by atoms with Crippen LogP contribution in [0.25, 0.3) is 0 Å². The SMILES string of the molecule is COC(=O)NC[C@H]1CN(c2cc(F)c(N3CCCSCC3)c(F)c2)C(=O)O1. The highest BCUT2D eigenvalue weighted by Crippen LogP contribution is 2.32. The Morgan fingerprint density at radius 1 is 1.33 bits per heavy atom. The van der Waals surface area contributed by atoms with Crippen LogP contribution in [0.1, 0.15) is 6.42 Å². The average Bonchev–Trinajstić information content (AvgIpc) is 2.82. The summed E-state index contributed by atoms with van der Waals surface area (Å²) in [4.78, 5) is 26.0. The molecular weight excluding hydrogens is 380 g/mol. The van der Waals surface area contributed by atoms with Gasteiger partial charge < -0.3 is 19.7 Å². The predicted octanol–water partition coefficient (Wildman–Crippen LogP) is 2.59. The summed E-state index contributed by atoms with van der Waals surface area (Å²) < 4.78 is 38.9. The lowest BCUT2D eigenvalue weighted by atomic mass is 10.2. The molecule has 3 rings (SSSR count). The van der Waals surface area contributed by atoms with Crippen molar-refractivity contribution in [3.05, 3.63) is 23.8 Å². The summed E-state index contributed by atoms with van der Waals surface area (Å²) >= 11 is 1.76. The van der Waals surface area contributed by atoms with Crippen LogP contribution in [-0.2, 0) is 9.47 Å². The first kappa shape index (κ1) is 19.5. The standard InChI is InChI=1S/C17H21F2N3O4S/c1-25-16(23)20-9-12-10-22(17(24)26-12)11-7-13(18)15(14(19)8-11)21-3-2-5-27-6-4-21/h7-8,12H,2-6,9-10H2,1H3,(H,20,23)/t12-/m0/s1. The second kappa shape index (κ2) is 8.64. The first-order valence-electron chi connectivity index (χ1n) is 8.61. The third kappa shape index (κ3) is 4.55. The molecule has 2 aliphatic heterocycles. The van der Waals surface area contributed by atoms with Gasteiger partial charge in [-0.2, -0.15) is 11.8 Å². The minimum absolute atomic E-state index is 0.0450. The Labute approximate surface area is 160 Å². The number of amides is 2. The summed E-state index contributed by atoms with van der Waals surface area (Å²) in [6, 6.07) is 2.29. The molecule has 1 aromatic rings. The number of nitrogens with zero attached hydrogens (tertiary/aromatic N) is 2. The molecular formula is C17H21F2N3O4S. The third-order valence-electron chi connectivity index (χ3n) is 4.39. The highest BCUT2D eigenvalue weighted by Gasteiger charge is 2.34. The van der Waals surface area contributed by atoms with Gasteiger partial charge in [-0.25, -0.2) is 18.4 Å². The Morgan fingerprint density at radius 3 is 2.78 bits per heavy atom. The highest BCUT2D eigenvalue weighted by atomic mass is 32.2. The predicted molar refractivity (Wildman–Crippen MR) is 98.5 cm³/mol. The van der Waals surface area contributed by atoms with Gasteiger partial charge in [0.15, 0.2) is 11.6 Å². The van der Waals surface area contributed by atoms with Crippen molar-refractivity contribution in [3.8, 4) is 0 Å². The molecule has 1 atom stereocenters. The molecule has 2 heterocycles.